The summed E-state index contributed by atoms with van der Waals surface area (Å²) in [6.45, 7) is 4.96. The number of carbonyl (C=O) groups is 5. The molecule has 1 aromatic carbocycles. The van der Waals surface area contributed by atoms with Crippen molar-refractivity contribution in [1.29, 1.82) is 0 Å². The number of carbonyl (C=O) groups excluding carboxylic acids is 5. The van der Waals surface area contributed by atoms with E-state index in [1.165, 1.54) is 0 Å². The highest BCUT2D eigenvalue weighted by Crippen LogP contribution is 2.33. The van der Waals surface area contributed by atoms with Gasteiger partial charge in [0, 0.05) is 29.3 Å². The molecule has 2 aromatic rings. The van der Waals surface area contributed by atoms with Crippen LogP contribution in [-0.4, -0.2) is 90.7 Å². The van der Waals surface area contributed by atoms with Crippen LogP contribution in [-0.2, 0) is 34.7 Å². The fraction of sp³-hybridized carbons (Fsp3) is 0.433. The van der Waals surface area contributed by atoms with Gasteiger partial charge in [0.15, 0.2) is 0 Å². The van der Waals surface area contributed by atoms with E-state index in [4.69, 9.17) is 9.02 Å². The Balaban J connectivity index is 1.61. The zero-order chi connectivity index (χ0) is 32.6. The molecule has 4 N–H and O–H groups in total. The maximum absolute atomic E-state index is 13.7. The molecule has 3 rings (SSSR count). The number of hydrogen-bond donors (Lipinski definition) is 6. The minimum Gasteiger partial charge on any atom is -0.379 e. The molecule has 15 heteroatoms. The van der Waals surface area contributed by atoms with Gasteiger partial charge in [-0.15, -0.1) is 0 Å². The highest BCUT2D eigenvalue weighted by atomic mass is 32.1. The molecule has 244 valence electrons. The number of thiol groups is 2. The van der Waals surface area contributed by atoms with Gasteiger partial charge in [0.1, 0.15) is 0 Å². The summed E-state index contributed by atoms with van der Waals surface area (Å²) in [5.74, 6) is -2.95. The van der Waals surface area contributed by atoms with Crippen LogP contribution in [0.1, 0.15) is 46.9 Å². The smallest absolute Gasteiger partial charge is 0.272 e. The third-order valence-corrected chi connectivity index (χ3v) is 7.45. The van der Waals surface area contributed by atoms with Gasteiger partial charge in [-0.2, -0.15) is 17.7 Å². The Morgan fingerprint density at radius 2 is 1.58 bits per heavy atom. The van der Waals surface area contributed by atoms with E-state index in [-0.39, 0.29) is 25.5 Å². The van der Waals surface area contributed by atoms with Crippen molar-refractivity contribution in [3.05, 3.63) is 71.7 Å². The lowest BCUT2D eigenvalue weighted by Gasteiger charge is -2.23. The van der Waals surface area contributed by atoms with Crippen molar-refractivity contribution in [3.63, 3.8) is 0 Å². The van der Waals surface area contributed by atoms with Gasteiger partial charge in [-0.05, 0) is 57.4 Å². The van der Waals surface area contributed by atoms with Gasteiger partial charge < -0.3 is 30.0 Å². The van der Waals surface area contributed by atoms with Crippen LogP contribution in [0.2, 0.25) is 0 Å². The third kappa shape index (κ3) is 11.0. The van der Waals surface area contributed by atoms with Crippen LogP contribution in [0.25, 0.3) is 0 Å². The van der Waals surface area contributed by atoms with Crippen LogP contribution in [0, 0.1) is 0 Å². The van der Waals surface area contributed by atoms with E-state index in [0.717, 1.165) is 6.42 Å². The topological polar surface area (TPSA) is 160 Å². The van der Waals surface area contributed by atoms with Gasteiger partial charge in [-0.3, -0.25) is 28.8 Å². The number of ketones is 1. The van der Waals surface area contributed by atoms with E-state index in [1.807, 2.05) is 6.07 Å². The van der Waals surface area contributed by atoms with E-state index in [2.05, 4.69) is 53.4 Å². The first-order chi connectivity index (χ1) is 21.8. The van der Waals surface area contributed by atoms with Gasteiger partial charge in [0.25, 0.3) is 11.8 Å². The third-order valence-electron chi connectivity index (χ3n) is 6.89. The molecule has 1 unspecified atom stereocenters. The summed E-state index contributed by atoms with van der Waals surface area (Å²) in [4.78, 5) is 69.9. The molecule has 0 aliphatic carbocycles. The molecule has 1 atom stereocenters. The minimum absolute atomic E-state index is 0.0631. The van der Waals surface area contributed by atoms with Gasteiger partial charge in [0.05, 0.1) is 44.5 Å². The number of hydroxylamine groups is 2. The van der Waals surface area contributed by atoms with Crippen LogP contribution >= 0.6 is 25.5 Å². The lowest BCUT2D eigenvalue weighted by Crippen LogP contribution is -2.47. The minimum atomic E-state index is -0.768. The van der Waals surface area contributed by atoms with E-state index < -0.39 is 36.1 Å². The first-order valence-corrected chi connectivity index (χ1v) is 15.6. The van der Waals surface area contributed by atoms with E-state index >= 15 is 0 Å². The van der Waals surface area contributed by atoms with E-state index in [1.54, 1.807) is 41.0 Å². The molecule has 0 saturated heterocycles. The van der Waals surface area contributed by atoms with Crippen LogP contribution in [0.5, 0.6) is 0 Å². The Bertz CT molecular complexity index is 1340. The van der Waals surface area contributed by atoms with Crippen molar-refractivity contribution < 1.29 is 33.0 Å². The number of hydrogen-bond acceptors (Lipinski definition) is 11. The average molecular weight is 661 g/mol. The second kappa shape index (κ2) is 19.0. The number of fused-ring (bicyclic) bond motifs is 1. The first kappa shape index (κ1) is 35.8. The Kier molecular flexibility index (Phi) is 15.1. The normalized spacial score (nSPS) is 13.5. The number of rotatable bonds is 20. The molecule has 45 heavy (non-hydrogen) atoms. The molecular weight excluding hydrogens is 620 g/mol. The van der Waals surface area contributed by atoms with Crippen LogP contribution < -0.4 is 21.3 Å². The van der Waals surface area contributed by atoms with Gasteiger partial charge >= 0.3 is 0 Å². The lowest BCUT2D eigenvalue weighted by atomic mass is 10.0. The van der Waals surface area contributed by atoms with Crippen molar-refractivity contribution in [2.75, 3.05) is 51.7 Å². The molecule has 1 aromatic heterocycles. The van der Waals surface area contributed by atoms with Crippen LogP contribution in [0.3, 0.4) is 0 Å². The highest BCUT2D eigenvalue weighted by Gasteiger charge is 2.37. The Morgan fingerprint density at radius 1 is 0.911 bits per heavy atom. The number of imide groups is 1. The molecule has 1 aliphatic rings. The second-order valence-corrected chi connectivity index (χ2v) is 10.7. The molecule has 0 spiro atoms. The quantitative estimate of drug-likeness (QED) is 0.0400. The average Bonchev–Trinajstić information content (AvgIpc) is 3.67. The number of aromatic nitrogens is 1. The fourth-order valence-corrected chi connectivity index (χ4v) is 4.82. The molecule has 2 heterocycles. The molecule has 13 nitrogen and oxygen atoms in total. The summed E-state index contributed by atoms with van der Waals surface area (Å²) >= 11 is 7.74. The molecular formula is C30H40N6O7S2. The van der Waals surface area contributed by atoms with Crippen LogP contribution in [0.4, 0.5) is 0 Å². The predicted octanol–water partition coefficient (Wildman–Crippen LogP) is 0.990. The molecule has 0 bridgehead atoms. The fourth-order valence-electron chi connectivity index (χ4n) is 4.58. The molecule has 4 amide bonds. The number of nitrogens with one attached hydrogen (secondary N) is 4. The Hall–Kier alpha value is -3.63. The van der Waals surface area contributed by atoms with Crippen molar-refractivity contribution in [2.45, 2.75) is 31.7 Å². The van der Waals surface area contributed by atoms with Crippen molar-refractivity contribution in [1.82, 2.24) is 30.9 Å². The molecule has 0 radical (unpaired) electrons. The van der Waals surface area contributed by atoms with Gasteiger partial charge in [0.2, 0.25) is 17.6 Å². The summed E-state index contributed by atoms with van der Waals surface area (Å²) in [6, 6.07) is 12.3. The Morgan fingerprint density at radius 3 is 2.27 bits per heavy atom. The molecule has 0 fully saturated rings. The van der Waals surface area contributed by atoms with Crippen molar-refractivity contribution in [3.8, 4) is 0 Å². The second-order valence-electron chi connectivity index (χ2n) is 10.2. The maximum Gasteiger partial charge on any atom is 0.272 e. The number of nitrogens with zero attached hydrogens (tertiary/aromatic N) is 2. The lowest BCUT2D eigenvalue weighted by molar-refractivity contribution is -0.196. The summed E-state index contributed by atoms with van der Waals surface area (Å²) in [5, 5.41) is 11.5. The highest BCUT2D eigenvalue weighted by molar-refractivity contribution is 7.80. The van der Waals surface area contributed by atoms with Crippen molar-refractivity contribution >= 4 is 55.0 Å². The summed E-state index contributed by atoms with van der Waals surface area (Å²) in [5.41, 5.74) is 2.15. The Labute approximate surface area is 273 Å². The SMILES string of the molecule is C=C(CS)NCC(=O)NCC(=O)NCC(=O)N(OCCCNCCCOS)C(=O)C1CCn2c(C(=O)c3ccccc3)ccc21. The monoisotopic (exact) mass is 660 g/mol. The largest absolute Gasteiger partial charge is 0.379 e. The van der Waals surface area contributed by atoms with Gasteiger partial charge in [-0.25, -0.2) is 0 Å². The summed E-state index contributed by atoms with van der Waals surface area (Å²) in [6.07, 6.45) is 1.64. The number of amides is 4. The molecule has 0 saturated carbocycles. The van der Waals surface area contributed by atoms with E-state index in [9.17, 15) is 24.0 Å². The summed E-state index contributed by atoms with van der Waals surface area (Å²) < 4.78 is 6.52. The number of benzene rings is 1. The molecule has 1 aliphatic heterocycles. The maximum atomic E-state index is 13.7. The standard InChI is InChI=1S/C30H40N6O7S2/c1-21(20-44)32-17-26(37)33-18-27(38)34-19-28(39)36(42-15-5-12-31-13-6-16-43-45)30(41)23-11-14-35-24(23)9-10-25(35)29(40)22-7-3-2-4-8-22/h2-4,7-10,23,31-32,44-45H,1,5-6,11-20H2,(H,33,37)(H,34,38). The van der Waals surface area contributed by atoms with Crippen molar-refractivity contribution in [2.24, 2.45) is 0 Å². The predicted molar refractivity (Wildman–Crippen MR) is 174 cm³/mol. The first-order valence-electron chi connectivity index (χ1n) is 14.6. The van der Waals surface area contributed by atoms with Crippen LogP contribution in [0.15, 0.2) is 54.7 Å². The van der Waals surface area contributed by atoms with E-state index in [0.29, 0.717) is 72.5 Å². The summed E-state index contributed by atoms with van der Waals surface area (Å²) in [7, 11) is 0. The van der Waals surface area contributed by atoms with Gasteiger partial charge in [-0.1, -0.05) is 36.9 Å². The zero-order valence-corrected chi connectivity index (χ0v) is 26.7. The zero-order valence-electron chi connectivity index (χ0n) is 25.0.